The number of nitrogens with zero attached hydrogens (tertiary/aromatic N) is 2. The lowest BCUT2D eigenvalue weighted by molar-refractivity contribution is -0.908. The van der Waals surface area contributed by atoms with Gasteiger partial charge in [0.25, 0.3) is 0 Å². The molecule has 6 heteroatoms. The molecule has 0 saturated carbocycles. The topological polar surface area (TPSA) is 37.6 Å². The maximum absolute atomic E-state index is 12.1. The number of rotatable bonds is 6. The van der Waals surface area contributed by atoms with Crippen molar-refractivity contribution in [1.82, 2.24) is 4.98 Å². The zero-order chi connectivity index (χ0) is 16.9. The molecule has 0 bridgehead atoms. The van der Waals surface area contributed by atoms with Gasteiger partial charge in [-0.15, -0.1) is 11.3 Å². The first-order valence-corrected chi connectivity index (χ1v) is 9.58. The van der Waals surface area contributed by atoms with Crippen LogP contribution in [0.2, 0.25) is 0 Å². The second kappa shape index (κ2) is 7.70. The zero-order valence-electron chi connectivity index (χ0n) is 13.7. The lowest BCUT2D eigenvalue weighted by atomic mass is 10.3. The summed E-state index contributed by atoms with van der Waals surface area (Å²) in [6.07, 6.45) is 0. The van der Waals surface area contributed by atoms with Crippen molar-refractivity contribution in [3.63, 3.8) is 0 Å². The molecule has 0 radical (unpaired) electrons. The number of thiophene rings is 1. The zero-order valence-corrected chi connectivity index (χ0v) is 15.4. The van der Waals surface area contributed by atoms with Crippen LogP contribution in [-0.4, -0.2) is 17.9 Å². The number of amides is 1. The number of carbonyl (C=O) groups excluding carboxylic acids is 1. The number of para-hydroxylation sites is 1. The minimum atomic E-state index is -0.0268. The molecule has 4 nitrogen and oxygen atoms in total. The Bertz CT molecular complexity index is 784. The van der Waals surface area contributed by atoms with Crippen molar-refractivity contribution in [3.8, 4) is 0 Å². The van der Waals surface area contributed by atoms with Gasteiger partial charge < -0.3 is 4.90 Å². The summed E-state index contributed by atoms with van der Waals surface area (Å²) in [7, 11) is 2.16. The van der Waals surface area contributed by atoms with Gasteiger partial charge in [0.05, 0.1) is 12.7 Å². The van der Waals surface area contributed by atoms with Crippen LogP contribution in [0, 0.1) is 0 Å². The Balaban J connectivity index is 1.72. The first kappa shape index (κ1) is 16.8. The van der Waals surface area contributed by atoms with Crippen molar-refractivity contribution in [3.05, 3.63) is 63.8 Å². The normalized spacial score (nSPS) is 12.1. The van der Waals surface area contributed by atoms with E-state index in [2.05, 4.69) is 28.9 Å². The standard InChI is InChI=1S/C18H19N3OS2/c1-14(22)21(17-6-4-3-5-7-17)18-19-16(13-24-18)11-20(2)10-15-8-9-23-12-15/h3-9,12-13H,10-11H2,1-2H3/p+1. The predicted octanol–water partition coefficient (Wildman–Crippen LogP) is 3.10. The number of hydrogen-bond acceptors (Lipinski definition) is 4. The summed E-state index contributed by atoms with van der Waals surface area (Å²) in [5, 5.41) is 7.06. The summed E-state index contributed by atoms with van der Waals surface area (Å²) in [5.74, 6) is -0.0268. The summed E-state index contributed by atoms with van der Waals surface area (Å²) < 4.78 is 0. The fourth-order valence-electron chi connectivity index (χ4n) is 2.60. The van der Waals surface area contributed by atoms with Gasteiger partial charge in [0.2, 0.25) is 5.91 Å². The van der Waals surface area contributed by atoms with Crippen molar-refractivity contribution in [1.29, 1.82) is 0 Å². The highest BCUT2D eigenvalue weighted by Crippen LogP contribution is 2.28. The van der Waals surface area contributed by atoms with Gasteiger partial charge in [0.1, 0.15) is 18.8 Å². The van der Waals surface area contributed by atoms with E-state index < -0.39 is 0 Å². The van der Waals surface area contributed by atoms with Gasteiger partial charge in [-0.25, -0.2) is 4.98 Å². The Hall–Kier alpha value is -2.02. The van der Waals surface area contributed by atoms with E-state index in [9.17, 15) is 4.79 Å². The Morgan fingerprint density at radius 2 is 1.96 bits per heavy atom. The molecule has 0 spiro atoms. The number of hydrogen-bond donors (Lipinski definition) is 1. The van der Waals surface area contributed by atoms with Gasteiger partial charge in [-0.3, -0.25) is 9.69 Å². The molecule has 3 rings (SSSR count). The lowest BCUT2D eigenvalue weighted by Crippen LogP contribution is -3.06. The van der Waals surface area contributed by atoms with E-state index in [0.717, 1.165) is 29.6 Å². The first-order valence-electron chi connectivity index (χ1n) is 7.76. The van der Waals surface area contributed by atoms with Gasteiger partial charge in [-0.1, -0.05) is 18.2 Å². The quantitative estimate of drug-likeness (QED) is 0.735. The highest BCUT2D eigenvalue weighted by atomic mass is 32.1. The number of thiazole rings is 1. The van der Waals surface area contributed by atoms with E-state index in [1.54, 1.807) is 23.2 Å². The lowest BCUT2D eigenvalue weighted by Gasteiger charge is -2.17. The third kappa shape index (κ3) is 4.08. The smallest absolute Gasteiger partial charge is 0.230 e. The van der Waals surface area contributed by atoms with Gasteiger partial charge >= 0.3 is 0 Å². The second-order valence-electron chi connectivity index (χ2n) is 5.75. The van der Waals surface area contributed by atoms with Crippen molar-refractivity contribution in [2.75, 3.05) is 11.9 Å². The summed E-state index contributed by atoms with van der Waals surface area (Å²) in [5.41, 5.74) is 3.22. The molecule has 1 N–H and O–H groups in total. The SMILES string of the molecule is CC(=O)N(c1ccccc1)c1nc(C[NH+](C)Cc2ccsc2)cs1. The molecule has 0 fully saturated rings. The Morgan fingerprint density at radius 1 is 1.17 bits per heavy atom. The molecule has 0 saturated heterocycles. The number of benzene rings is 1. The van der Waals surface area contributed by atoms with Crippen LogP contribution >= 0.6 is 22.7 Å². The molecule has 1 aromatic carbocycles. The fraction of sp³-hybridized carbons (Fsp3) is 0.222. The van der Waals surface area contributed by atoms with Gasteiger partial charge in [-0.2, -0.15) is 11.3 Å². The molecule has 0 aliphatic carbocycles. The second-order valence-corrected chi connectivity index (χ2v) is 7.37. The third-order valence-electron chi connectivity index (χ3n) is 3.63. The van der Waals surface area contributed by atoms with Crippen LogP contribution < -0.4 is 9.80 Å². The van der Waals surface area contributed by atoms with Crippen LogP contribution in [-0.2, 0) is 17.9 Å². The summed E-state index contributed by atoms with van der Waals surface area (Å²) in [4.78, 5) is 19.8. The average molecular weight is 359 g/mol. The van der Waals surface area contributed by atoms with Crippen molar-refractivity contribution >= 4 is 39.4 Å². The van der Waals surface area contributed by atoms with Crippen molar-refractivity contribution < 1.29 is 9.69 Å². The van der Waals surface area contributed by atoms with E-state index >= 15 is 0 Å². The van der Waals surface area contributed by atoms with E-state index in [0.29, 0.717) is 0 Å². The van der Waals surface area contributed by atoms with E-state index in [1.165, 1.54) is 21.8 Å². The van der Waals surface area contributed by atoms with Crippen LogP contribution in [0.1, 0.15) is 18.2 Å². The molecule has 3 aromatic rings. The summed E-state index contributed by atoms with van der Waals surface area (Å²) in [6.45, 7) is 3.39. The molecule has 0 aliphatic rings. The number of quaternary nitrogens is 1. The van der Waals surface area contributed by atoms with Crippen LogP contribution in [0.3, 0.4) is 0 Å². The number of aromatic nitrogens is 1. The molecule has 1 atom stereocenters. The third-order valence-corrected chi connectivity index (χ3v) is 5.24. The van der Waals surface area contributed by atoms with Gasteiger partial charge in [0, 0.05) is 17.9 Å². The number of carbonyl (C=O) groups is 1. The molecule has 1 amide bonds. The van der Waals surface area contributed by atoms with Crippen molar-refractivity contribution in [2.45, 2.75) is 20.0 Å². The number of anilines is 2. The van der Waals surface area contributed by atoms with E-state index in [1.807, 2.05) is 35.7 Å². The molecule has 124 valence electrons. The predicted molar refractivity (Wildman–Crippen MR) is 100.0 cm³/mol. The van der Waals surface area contributed by atoms with Gasteiger partial charge in [0.15, 0.2) is 5.13 Å². The minimum absolute atomic E-state index is 0.0268. The monoisotopic (exact) mass is 358 g/mol. The van der Waals surface area contributed by atoms with E-state index in [4.69, 9.17) is 0 Å². The Kier molecular flexibility index (Phi) is 5.40. The largest absolute Gasteiger partial charge is 0.329 e. The molecule has 2 heterocycles. The van der Waals surface area contributed by atoms with Crippen LogP contribution in [0.4, 0.5) is 10.8 Å². The summed E-state index contributed by atoms with van der Waals surface area (Å²) >= 11 is 3.24. The highest BCUT2D eigenvalue weighted by Gasteiger charge is 2.18. The summed E-state index contributed by atoms with van der Waals surface area (Å²) in [6, 6.07) is 11.8. The number of nitrogens with one attached hydrogen (secondary N) is 1. The Morgan fingerprint density at radius 3 is 2.62 bits per heavy atom. The maximum Gasteiger partial charge on any atom is 0.230 e. The molecule has 2 aromatic heterocycles. The molecular formula is C18H20N3OS2+. The van der Waals surface area contributed by atoms with Crippen LogP contribution in [0.25, 0.3) is 0 Å². The first-order chi connectivity index (χ1) is 11.6. The molecule has 0 aliphatic heterocycles. The molecule has 24 heavy (non-hydrogen) atoms. The van der Waals surface area contributed by atoms with Gasteiger partial charge in [-0.05, 0) is 29.0 Å². The van der Waals surface area contributed by atoms with E-state index in [-0.39, 0.29) is 5.91 Å². The molecule has 1 unspecified atom stereocenters. The van der Waals surface area contributed by atoms with Crippen LogP contribution in [0.5, 0.6) is 0 Å². The van der Waals surface area contributed by atoms with Crippen LogP contribution in [0.15, 0.2) is 52.5 Å². The average Bonchev–Trinajstić information content (AvgIpc) is 3.21. The highest BCUT2D eigenvalue weighted by molar-refractivity contribution is 7.14. The van der Waals surface area contributed by atoms with Crippen molar-refractivity contribution in [2.24, 2.45) is 0 Å². The minimum Gasteiger partial charge on any atom is -0.329 e. The molecular weight excluding hydrogens is 338 g/mol. The fourth-order valence-corrected chi connectivity index (χ4v) is 4.15. The maximum atomic E-state index is 12.1. The Labute approximate surface area is 150 Å².